The topological polar surface area (TPSA) is 69.3 Å². The molecule has 0 aliphatic carbocycles. The van der Waals surface area contributed by atoms with Crippen LogP contribution >= 0.6 is 0 Å². The molecule has 2 aliphatic rings. The van der Waals surface area contributed by atoms with Crippen molar-refractivity contribution >= 4 is 16.8 Å². The van der Waals surface area contributed by atoms with Crippen LogP contribution in [0.5, 0.6) is 0 Å². The molecular formula is C19H24N4O2. The minimum atomic E-state index is -0.0707. The molecule has 1 amide bonds. The number of nitrogens with zero attached hydrogens (tertiary/aromatic N) is 3. The lowest BCUT2D eigenvalue weighted by Gasteiger charge is -2.30. The van der Waals surface area contributed by atoms with Crippen LogP contribution in [0.4, 0.5) is 0 Å². The molecule has 1 aromatic heterocycles. The van der Waals surface area contributed by atoms with Crippen LogP contribution in [0.2, 0.25) is 0 Å². The van der Waals surface area contributed by atoms with Crippen molar-refractivity contribution in [2.45, 2.75) is 38.1 Å². The molecule has 2 aliphatic heterocycles. The number of amides is 1. The predicted octanol–water partition coefficient (Wildman–Crippen LogP) is 2.07. The summed E-state index contributed by atoms with van der Waals surface area (Å²) in [5, 5.41) is 0.634. The molecule has 0 bridgehead atoms. The maximum Gasteiger partial charge on any atom is 0.258 e. The highest BCUT2D eigenvalue weighted by Crippen LogP contribution is 2.29. The van der Waals surface area contributed by atoms with Crippen LogP contribution in [-0.2, 0) is 4.79 Å². The minimum Gasteiger partial charge on any atom is -0.341 e. The Morgan fingerprint density at radius 1 is 1.08 bits per heavy atom. The number of nitrogens with one attached hydrogen (secondary N) is 1. The highest BCUT2D eigenvalue weighted by molar-refractivity contribution is 5.77. The van der Waals surface area contributed by atoms with Crippen LogP contribution in [-0.4, -0.2) is 51.9 Å². The summed E-state index contributed by atoms with van der Waals surface area (Å²) in [5.41, 5.74) is 0.679. The zero-order valence-corrected chi connectivity index (χ0v) is 14.4. The van der Waals surface area contributed by atoms with E-state index >= 15 is 0 Å². The second kappa shape index (κ2) is 6.96. The Morgan fingerprint density at radius 2 is 1.96 bits per heavy atom. The smallest absolute Gasteiger partial charge is 0.258 e. The number of H-pyrrole nitrogens is 1. The van der Waals surface area contributed by atoms with Crippen LogP contribution in [0.15, 0.2) is 29.1 Å². The number of para-hydroxylation sites is 1. The fraction of sp³-hybridized carbons (Fsp3) is 0.526. The van der Waals surface area contributed by atoms with Crippen LogP contribution in [0, 0.1) is 0 Å². The van der Waals surface area contributed by atoms with Crippen molar-refractivity contribution < 1.29 is 4.79 Å². The minimum absolute atomic E-state index is 0.0707. The maximum atomic E-state index is 12.3. The van der Waals surface area contributed by atoms with E-state index in [0.29, 0.717) is 11.8 Å². The molecule has 2 fully saturated rings. The highest BCUT2D eigenvalue weighted by Gasteiger charge is 2.29. The lowest BCUT2D eigenvalue weighted by Crippen LogP contribution is -2.41. The maximum absolute atomic E-state index is 12.3. The number of rotatable bonds is 4. The molecule has 25 heavy (non-hydrogen) atoms. The van der Waals surface area contributed by atoms with E-state index in [1.165, 1.54) is 0 Å². The number of hydrogen-bond acceptors (Lipinski definition) is 4. The molecule has 0 spiro atoms. The summed E-state index contributed by atoms with van der Waals surface area (Å²) in [6.45, 7) is 3.48. The summed E-state index contributed by atoms with van der Waals surface area (Å²) in [6, 6.07) is 7.60. The van der Waals surface area contributed by atoms with E-state index in [1.54, 1.807) is 6.07 Å². The number of hydrogen-bond donors (Lipinski definition) is 1. The summed E-state index contributed by atoms with van der Waals surface area (Å²) in [5.74, 6) is 1.03. The van der Waals surface area contributed by atoms with E-state index in [2.05, 4.69) is 9.88 Å². The third kappa shape index (κ3) is 3.31. The first-order valence-corrected chi connectivity index (χ1v) is 9.23. The van der Waals surface area contributed by atoms with Gasteiger partial charge in [-0.2, -0.15) is 0 Å². The normalized spacial score (nSPS) is 22.0. The molecule has 6 heteroatoms. The first-order chi connectivity index (χ1) is 12.2. The highest BCUT2D eigenvalue weighted by atomic mass is 16.2. The van der Waals surface area contributed by atoms with Gasteiger partial charge in [0, 0.05) is 26.1 Å². The van der Waals surface area contributed by atoms with Crippen molar-refractivity contribution in [3.05, 3.63) is 40.4 Å². The summed E-state index contributed by atoms with van der Waals surface area (Å²) < 4.78 is 0. The molecule has 6 nitrogen and oxygen atoms in total. The number of fused-ring (bicyclic) bond motifs is 1. The van der Waals surface area contributed by atoms with E-state index in [4.69, 9.17) is 4.98 Å². The lowest BCUT2D eigenvalue weighted by molar-refractivity contribution is -0.133. The van der Waals surface area contributed by atoms with Crippen molar-refractivity contribution in [3.63, 3.8) is 0 Å². The SMILES string of the molecule is O=C1CCCCN1CCN1CCCC1c1nc2ccccc2c(=O)[nH]1. The van der Waals surface area contributed by atoms with Gasteiger partial charge in [0.15, 0.2) is 0 Å². The number of piperidine rings is 1. The van der Waals surface area contributed by atoms with E-state index in [1.807, 2.05) is 23.1 Å². The molecule has 2 aromatic rings. The fourth-order valence-electron chi connectivity index (χ4n) is 4.01. The Kier molecular flexibility index (Phi) is 4.53. The largest absolute Gasteiger partial charge is 0.341 e. The summed E-state index contributed by atoms with van der Waals surface area (Å²) in [6.07, 6.45) is 4.89. The Morgan fingerprint density at radius 3 is 2.84 bits per heavy atom. The molecule has 2 saturated heterocycles. The Hall–Kier alpha value is -2.21. The van der Waals surface area contributed by atoms with E-state index < -0.39 is 0 Å². The van der Waals surface area contributed by atoms with E-state index in [0.717, 1.165) is 63.2 Å². The zero-order valence-electron chi connectivity index (χ0n) is 14.4. The van der Waals surface area contributed by atoms with Gasteiger partial charge in [-0.3, -0.25) is 14.5 Å². The number of carbonyl (C=O) groups is 1. The first-order valence-electron chi connectivity index (χ1n) is 9.23. The number of likely N-dealkylation sites (tertiary alicyclic amines) is 2. The van der Waals surface area contributed by atoms with Crippen molar-refractivity contribution in [2.75, 3.05) is 26.2 Å². The third-order valence-corrected chi connectivity index (χ3v) is 5.39. The van der Waals surface area contributed by atoms with Crippen molar-refractivity contribution in [1.82, 2.24) is 19.8 Å². The van der Waals surface area contributed by atoms with Gasteiger partial charge in [-0.25, -0.2) is 4.98 Å². The third-order valence-electron chi connectivity index (χ3n) is 5.39. The quantitative estimate of drug-likeness (QED) is 0.925. The number of carbonyl (C=O) groups excluding carboxylic acids is 1. The second-order valence-electron chi connectivity index (χ2n) is 7.00. The van der Waals surface area contributed by atoms with Crippen molar-refractivity contribution in [2.24, 2.45) is 0 Å². The lowest BCUT2D eigenvalue weighted by atomic mass is 10.1. The number of aromatic amines is 1. The van der Waals surface area contributed by atoms with E-state index in [-0.39, 0.29) is 17.5 Å². The standard InChI is InChI=1S/C19H24N4O2/c24-17-9-3-4-10-23(17)13-12-22-11-5-8-16(22)18-20-15-7-2-1-6-14(15)19(25)21-18/h1-2,6-7,16H,3-5,8-13H2,(H,20,21,25). The summed E-state index contributed by atoms with van der Waals surface area (Å²) in [4.78, 5) is 36.4. The Labute approximate surface area is 146 Å². The van der Waals surface area contributed by atoms with Gasteiger partial charge in [0.25, 0.3) is 5.56 Å². The molecular weight excluding hydrogens is 316 g/mol. The van der Waals surface area contributed by atoms with Gasteiger partial charge >= 0.3 is 0 Å². The molecule has 0 radical (unpaired) electrons. The van der Waals surface area contributed by atoms with Crippen molar-refractivity contribution in [1.29, 1.82) is 0 Å². The molecule has 3 heterocycles. The average Bonchev–Trinajstić information content (AvgIpc) is 3.10. The Bertz CT molecular complexity index is 832. The second-order valence-corrected chi connectivity index (χ2v) is 7.00. The molecule has 1 unspecified atom stereocenters. The summed E-state index contributed by atoms with van der Waals surface area (Å²) >= 11 is 0. The van der Waals surface area contributed by atoms with Gasteiger partial charge in [-0.1, -0.05) is 12.1 Å². The van der Waals surface area contributed by atoms with Gasteiger partial charge < -0.3 is 9.88 Å². The zero-order chi connectivity index (χ0) is 17.2. The van der Waals surface area contributed by atoms with Gasteiger partial charge in [-0.15, -0.1) is 0 Å². The van der Waals surface area contributed by atoms with Gasteiger partial charge in [0.2, 0.25) is 5.91 Å². The van der Waals surface area contributed by atoms with Crippen LogP contribution in [0.3, 0.4) is 0 Å². The molecule has 1 N–H and O–H groups in total. The van der Waals surface area contributed by atoms with Crippen molar-refractivity contribution in [3.8, 4) is 0 Å². The van der Waals surface area contributed by atoms with Crippen LogP contribution < -0.4 is 5.56 Å². The van der Waals surface area contributed by atoms with Gasteiger partial charge in [0.05, 0.1) is 16.9 Å². The van der Waals surface area contributed by atoms with Gasteiger partial charge in [0.1, 0.15) is 5.82 Å². The van der Waals surface area contributed by atoms with E-state index in [9.17, 15) is 9.59 Å². The molecule has 0 saturated carbocycles. The summed E-state index contributed by atoms with van der Waals surface area (Å²) in [7, 11) is 0. The van der Waals surface area contributed by atoms with Gasteiger partial charge in [-0.05, 0) is 44.4 Å². The first kappa shape index (κ1) is 16.3. The average molecular weight is 340 g/mol. The van der Waals surface area contributed by atoms with Crippen LogP contribution in [0.1, 0.15) is 44.0 Å². The molecule has 132 valence electrons. The predicted molar refractivity (Wildman–Crippen MR) is 96.3 cm³/mol. The Balaban J connectivity index is 1.51. The molecule has 1 atom stereocenters. The number of aromatic nitrogens is 2. The number of benzene rings is 1. The van der Waals surface area contributed by atoms with Crippen LogP contribution in [0.25, 0.3) is 10.9 Å². The fourth-order valence-corrected chi connectivity index (χ4v) is 4.01. The molecule has 4 rings (SSSR count). The molecule has 1 aromatic carbocycles. The monoisotopic (exact) mass is 340 g/mol.